The van der Waals surface area contributed by atoms with Gasteiger partial charge in [-0.05, 0) is 23.3 Å². The molecule has 0 spiro atoms. The van der Waals surface area contributed by atoms with Crippen LogP contribution in [0.4, 0.5) is 0 Å². The van der Waals surface area contributed by atoms with Crippen LogP contribution < -0.4 is 5.32 Å². The van der Waals surface area contributed by atoms with Crippen molar-refractivity contribution in [2.75, 3.05) is 11.5 Å². The molecule has 0 aromatic carbocycles. The van der Waals surface area contributed by atoms with Crippen molar-refractivity contribution in [1.82, 2.24) is 15.5 Å². The molecule has 82 valence electrons. The molecule has 1 aromatic rings. The van der Waals surface area contributed by atoms with Gasteiger partial charge in [-0.25, -0.2) is 0 Å². The van der Waals surface area contributed by atoms with Crippen molar-refractivity contribution in [2.45, 2.75) is 13.0 Å². The van der Waals surface area contributed by atoms with Gasteiger partial charge in [-0.1, -0.05) is 18.3 Å². The number of thioether (sulfide) groups is 1. The lowest BCUT2D eigenvalue weighted by Crippen LogP contribution is -2.38. The summed E-state index contributed by atoms with van der Waals surface area (Å²) in [7, 11) is 0. The summed E-state index contributed by atoms with van der Waals surface area (Å²) in [5, 5.41) is 10.6. The van der Waals surface area contributed by atoms with E-state index in [1.54, 1.807) is 0 Å². The van der Waals surface area contributed by atoms with Crippen LogP contribution in [0.25, 0.3) is 0 Å². The molecule has 1 saturated heterocycles. The molecule has 2 rings (SSSR count). The second-order valence-corrected chi connectivity index (χ2v) is 6.09. The number of nitrogens with one attached hydrogen (secondary N) is 1. The molecule has 1 fully saturated rings. The summed E-state index contributed by atoms with van der Waals surface area (Å²) in [6.45, 7) is 2.14. The molecule has 2 heterocycles. The largest absolute Gasteiger partial charge is 0.346 e. The number of aromatic nitrogens is 2. The molecule has 0 aliphatic carbocycles. The summed E-state index contributed by atoms with van der Waals surface area (Å²) < 4.78 is 0.300. The highest BCUT2D eigenvalue weighted by Crippen LogP contribution is 2.24. The summed E-state index contributed by atoms with van der Waals surface area (Å²) >= 11 is 8.57. The van der Waals surface area contributed by atoms with Gasteiger partial charge in [0.15, 0.2) is 0 Å². The molecule has 1 aromatic heterocycles. The summed E-state index contributed by atoms with van der Waals surface area (Å²) in [4.78, 5) is 11.7. The lowest BCUT2D eigenvalue weighted by Gasteiger charge is -2.14. The number of hydrogen-bond donors (Lipinski definition) is 1. The van der Waals surface area contributed by atoms with E-state index >= 15 is 0 Å². The van der Waals surface area contributed by atoms with Gasteiger partial charge in [0.2, 0.25) is 9.47 Å². The van der Waals surface area contributed by atoms with Gasteiger partial charge in [0.1, 0.15) is 0 Å². The van der Waals surface area contributed by atoms with Gasteiger partial charge < -0.3 is 5.32 Å². The summed E-state index contributed by atoms with van der Waals surface area (Å²) in [6.07, 6.45) is 0. The Morgan fingerprint density at radius 1 is 1.53 bits per heavy atom. The fourth-order valence-corrected chi connectivity index (χ4v) is 3.51. The molecular formula is C8H10ClN3OS2. The van der Waals surface area contributed by atoms with Crippen molar-refractivity contribution in [3.05, 3.63) is 9.47 Å². The molecule has 4 nitrogen and oxygen atoms in total. The molecule has 7 heteroatoms. The minimum absolute atomic E-state index is 0.168. The van der Waals surface area contributed by atoms with E-state index in [2.05, 4.69) is 22.4 Å². The van der Waals surface area contributed by atoms with Gasteiger partial charge in [0.05, 0.1) is 0 Å². The van der Waals surface area contributed by atoms with Crippen molar-refractivity contribution in [2.24, 2.45) is 5.92 Å². The van der Waals surface area contributed by atoms with Crippen LogP contribution >= 0.6 is 34.7 Å². The third-order valence-electron chi connectivity index (χ3n) is 2.28. The van der Waals surface area contributed by atoms with Crippen molar-refractivity contribution < 1.29 is 4.79 Å². The standard InChI is InChI=1S/C8H10ClN3OS2/c1-4-2-14-3-5(4)10-6(13)7-11-12-8(9)15-7/h4-5H,2-3H2,1H3,(H,10,13). The van der Waals surface area contributed by atoms with E-state index in [0.717, 1.165) is 22.8 Å². The van der Waals surface area contributed by atoms with Crippen molar-refractivity contribution in [3.8, 4) is 0 Å². The van der Waals surface area contributed by atoms with Crippen LogP contribution in [-0.2, 0) is 0 Å². The number of carbonyl (C=O) groups excluding carboxylic acids is 1. The highest BCUT2D eigenvalue weighted by atomic mass is 35.5. The SMILES string of the molecule is CC1CSCC1NC(=O)c1nnc(Cl)s1. The van der Waals surface area contributed by atoms with Crippen LogP contribution in [0.15, 0.2) is 0 Å². The zero-order chi connectivity index (χ0) is 10.8. The lowest BCUT2D eigenvalue weighted by molar-refractivity contribution is 0.0932. The third-order valence-corrected chi connectivity index (χ3v) is 4.65. The lowest BCUT2D eigenvalue weighted by atomic mass is 10.1. The average molecular weight is 264 g/mol. The first-order valence-electron chi connectivity index (χ1n) is 4.54. The number of hydrogen-bond acceptors (Lipinski definition) is 5. The fourth-order valence-electron chi connectivity index (χ4n) is 1.37. The second kappa shape index (κ2) is 4.67. The Balaban J connectivity index is 1.97. The smallest absolute Gasteiger partial charge is 0.282 e. The molecule has 1 N–H and O–H groups in total. The fraction of sp³-hybridized carbons (Fsp3) is 0.625. The summed E-state index contributed by atoms with van der Waals surface area (Å²) in [5.41, 5.74) is 0. The molecule has 0 saturated carbocycles. The number of amides is 1. The molecule has 15 heavy (non-hydrogen) atoms. The second-order valence-electron chi connectivity index (χ2n) is 3.45. The first-order valence-corrected chi connectivity index (χ1v) is 6.89. The zero-order valence-corrected chi connectivity index (χ0v) is 10.5. The Morgan fingerprint density at radius 2 is 2.33 bits per heavy atom. The van der Waals surface area contributed by atoms with E-state index < -0.39 is 0 Å². The molecule has 0 bridgehead atoms. The van der Waals surface area contributed by atoms with E-state index in [4.69, 9.17) is 11.6 Å². The highest BCUT2D eigenvalue weighted by molar-refractivity contribution is 7.99. The number of rotatable bonds is 2. The first kappa shape index (κ1) is 11.2. The Kier molecular flexibility index (Phi) is 3.48. The Labute approximate surface area is 101 Å². The molecule has 1 aliphatic heterocycles. The minimum Gasteiger partial charge on any atom is -0.346 e. The topological polar surface area (TPSA) is 54.9 Å². The Bertz CT molecular complexity index is 371. The van der Waals surface area contributed by atoms with Gasteiger partial charge in [-0.2, -0.15) is 11.8 Å². The van der Waals surface area contributed by atoms with E-state index in [-0.39, 0.29) is 11.9 Å². The maximum Gasteiger partial charge on any atom is 0.282 e. The molecule has 0 radical (unpaired) electrons. The maximum atomic E-state index is 11.7. The van der Waals surface area contributed by atoms with Crippen LogP contribution in [0.1, 0.15) is 16.7 Å². The van der Waals surface area contributed by atoms with Crippen LogP contribution in [0.5, 0.6) is 0 Å². The molecule has 1 aliphatic rings. The van der Waals surface area contributed by atoms with Gasteiger partial charge in [-0.15, -0.1) is 10.2 Å². The summed E-state index contributed by atoms with van der Waals surface area (Å²) in [5.74, 6) is 2.42. The van der Waals surface area contributed by atoms with E-state index in [1.165, 1.54) is 0 Å². The zero-order valence-electron chi connectivity index (χ0n) is 8.07. The summed E-state index contributed by atoms with van der Waals surface area (Å²) in [6, 6.07) is 0.241. The minimum atomic E-state index is -0.168. The van der Waals surface area contributed by atoms with Crippen LogP contribution in [0.3, 0.4) is 0 Å². The molecule has 2 atom stereocenters. The maximum absolute atomic E-state index is 11.7. The van der Waals surface area contributed by atoms with Gasteiger partial charge in [-0.3, -0.25) is 4.79 Å². The Morgan fingerprint density at radius 3 is 2.87 bits per heavy atom. The van der Waals surface area contributed by atoms with Crippen molar-refractivity contribution in [1.29, 1.82) is 0 Å². The van der Waals surface area contributed by atoms with Gasteiger partial charge in [0, 0.05) is 11.8 Å². The van der Waals surface area contributed by atoms with E-state index in [0.29, 0.717) is 15.4 Å². The van der Waals surface area contributed by atoms with Crippen LogP contribution in [0.2, 0.25) is 4.47 Å². The predicted molar refractivity (Wildman–Crippen MR) is 62.7 cm³/mol. The quantitative estimate of drug-likeness (QED) is 0.882. The van der Waals surface area contributed by atoms with Gasteiger partial charge >= 0.3 is 0 Å². The Hall–Kier alpha value is -0.330. The normalized spacial score (nSPS) is 25.5. The predicted octanol–water partition coefficient (Wildman–Crippen LogP) is 1.67. The first-order chi connectivity index (χ1) is 7.16. The van der Waals surface area contributed by atoms with Crippen LogP contribution in [-0.4, -0.2) is 33.7 Å². The van der Waals surface area contributed by atoms with E-state index in [1.807, 2.05) is 11.8 Å². The average Bonchev–Trinajstić information content (AvgIpc) is 2.77. The molecule has 1 amide bonds. The van der Waals surface area contributed by atoms with E-state index in [9.17, 15) is 4.79 Å². The van der Waals surface area contributed by atoms with Gasteiger partial charge in [0.25, 0.3) is 5.91 Å². The molecular weight excluding hydrogens is 254 g/mol. The number of halogens is 1. The third kappa shape index (κ3) is 2.62. The van der Waals surface area contributed by atoms with Crippen molar-refractivity contribution in [3.63, 3.8) is 0 Å². The number of nitrogens with zero attached hydrogens (tertiary/aromatic N) is 2. The molecule has 2 unspecified atom stereocenters. The monoisotopic (exact) mass is 263 g/mol. The number of carbonyl (C=O) groups is 1. The van der Waals surface area contributed by atoms with Crippen LogP contribution in [0, 0.1) is 5.92 Å². The van der Waals surface area contributed by atoms with Crippen molar-refractivity contribution >= 4 is 40.6 Å². The highest BCUT2D eigenvalue weighted by Gasteiger charge is 2.26.